The standard InChI is InChI=1S/C19H31N3O2.2ClH/c1-19(2,3)17(20)18(24)21-12-14-4-6-15(7-5-14)13-22-10-8-16(23)9-11-22;;/h4-7,16-17,23H,8-13,20H2,1-3H3,(H,21,24);2*1H/t17-;;/m1../s1. The van der Waals surface area contributed by atoms with Gasteiger partial charge in [0.25, 0.3) is 0 Å². The van der Waals surface area contributed by atoms with Gasteiger partial charge in [-0.15, -0.1) is 24.8 Å². The van der Waals surface area contributed by atoms with Crippen molar-refractivity contribution in [1.82, 2.24) is 10.2 Å². The molecule has 150 valence electrons. The van der Waals surface area contributed by atoms with E-state index >= 15 is 0 Å². The van der Waals surface area contributed by atoms with Gasteiger partial charge >= 0.3 is 0 Å². The minimum atomic E-state index is -0.508. The summed E-state index contributed by atoms with van der Waals surface area (Å²) >= 11 is 0. The molecule has 4 N–H and O–H groups in total. The van der Waals surface area contributed by atoms with Crippen LogP contribution in [-0.2, 0) is 17.9 Å². The van der Waals surface area contributed by atoms with Gasteiger partial charge < -0.3 is 16.2 Å². The molecular formula is C19H33Cl2N3O2. The third-order valence-electron chi connectivity index (χ3n) is 4.67. The van der Waals surface area contributed by atoms with Crippen LogP contribution < -0.4 is 11.1 Å². The first-order chi connectivity index (χ1) is 11.3. The van der Waals surface area contributed by atoms with E-state index in [1.54, 1.807) is 0 Å². The Morgan fingerprint density at radius 1 is 1.19 bits per heavy atom. The van der Waals surface area contributed by atoms with E-state index in [0.717, 1.165) is 38.0 Å². The fraction of sp³-hybridized carbons (Fsp3) is 0.632. The van der Waals surface area contributed by atoms with Crippen LogP contribution in [0.4, 0.5) is 0 Å². The Labute approximate surface area is 169 Å². The molecule has 0 saturated carbocycles. The monoisotopic (exact) mass is 405 g/mol. The molecule has 1 heterocycles. The van der Waals surface area contributed by atoms with Gasteiger partial charge in [-0.3, -0.25) is 9.69 Å². The van der Waals surface area contributed by atoms with E-state index in [2.05, 4.69) is 34.5 Å². The van der Waals surface area contributed by atoms with Crippen LogP contribution in [0.2, 0.25) is 0 Å². The second-order valence-corrected chi connectivity index (χ2v) is 7.89. The number of piperidine rings is 1. The Kier molecular flexibility index (Phi) is 10.7. The molecule has 1 aliphatic rings. The topological polar surface area (TPSA) is 78.6 Å². The summed E-state index contributed by atoms with van der Waals surface area (Å²) in [5.41, 5.74) is 8.05. The number of hydrogen-bond acceptors (Lipinski definition) is 4. The molecule has 1 aromatic rings. The molecule has 26 heavy (non-hydrogen) atoms. The molecule has 1 saturated heterocycles. The molecular weight excluding hydrogens is 373 g/mol. The summed E-state index contributed by atoms with van der Waals surface area (Å²) in [6.45, 7) is 9.20. The summed E-state index contributed by atoms with van der Waals surface area (Å²) in [5.74, 6) is -0.113. The predicted molar refractivity (Wildman–Crippen MR) is 111 cm³/mol. The van der Waals surface area contributed by atoms with Crippen molar-refractivity contribution in [2.75, 3.05) is 13.1 Å². The third-order valence-corrected chi connectivity index (χ3v) is 4.67. The fourth-order valence-corrected chi connectivity index (χ4v) is 2.79. The number of carbonyl (C=O) groups is 1. The van der Waals surface area contributed by atoms with Crippen LogP contribution >= 0.6 is 24.8 Å². The van der Waals surface area contributed by atoms with Crippen molar-refractivity contribution in [2.45, 2.75) is 58.8 Å². The number of hydrogen-bond donors (Lipinski definition) is 3. The summed E-state index contributed by atoms with van der Waals surface area (Å²) in [6.07, 6.45) is 1.59. The van der Waals surface area contributed by atoms with Gasteiger partial charge in [0.1, 0.15) is 0 Å². The van der Waals surface area contributed by atoms with Gasteiger partial charge in [0.2, 0.25) is 5.91 Å². The zero-order valence-corrected chi connectivity index (χ0v) is 17.5. The van der Waals surface area contributed by atoms with Crippen molar-refractivity contribution in [2.24, 2.45) is 11.1 Å². The van der Waals surface area contributed by atoms with Crippen LogP contribution in [0.25, 0.3) is 0 Å². The van der Waals surface area contributed by atoms with E-state index in [1.165, 1.54) is 5.56 Å². The maximum Gasteiger partial charge on any atom is 0.237 e. The van der Waals surface area contributed by atoms with Crippen molar-refractivity contribution in [3.05, 3.63) is 35.4 Å². The van der Waals surface area contributed by atoms with Gasteiger partial charge in [0.15, 0.2) is 0 Å². The molecule has 1 aromatic carbocycles. The van der Waals surface area contributed by atoms with Crippen molar-refractivity contribution in [1.29, 1.82) is 0 Å². The van der Waals surface area contributed by atoms with Gasteiger partial charge in [-0.1, -0.05) is 45.0 Å². The Hall–Kier alpha value is -0.850. The van der Waals surface area contributed by atoms with Gasteiger partial charge in [0.05, 0.1) is 12.1 Å². The largest absolute Gasteiger partial charge is 0.393 e. The maximum atomic E-state index is 12.1. The lowest BCUT2D eigenvalue weighted by Crippen LogP contribution is -2.48. The lowest BCUT2D eigenvalue weighted by Gasteiger charge is -2.29. The number of aliphatic hydroxyl groups excluding tert-OH is 1. The zero-order chi connectivity index (χ0) is 17.7. The molecule has 0 spiro atoms. The number of nitrogens with two attached hydrogens (primary N) is 1. The highest BCUT2D eigenvalue weighted by atomic mass is 35.5. The molecule has 5 nitrogen and oxygen atoms in total. The Balaban J connectivity index is 0.00000312. The van der Waals surface area contributed by atoms with E-state index in [0.29, 0.717) is 6.54 Å². The van der Waals surface area contributed by atoms with Crippen molar-refractivity contribution in [3.63, 3.8) is 0 Å². The lowest BCUT2D eigenvalue weighted by atomic mass is 9.87. The minimum absolute atomic E-state index is 0. The normalized spacial score (nSPS) is 17.0. The van der Waals surface area contributed by atoms with Crippen LogP contribution in [0.5, 0.6) is 0 Å². The Morgan fingerprint density at radius 2 is 1.69 bits per heavy atom. The SMILES string of the molecule is CC(C)(C)[C@H](N)C(=O)NCc1ccc(CN2CCC(O)CC2)cc1.Cl.Cl. The van der Waals surface area contributed by atoms with Crippen LogP contribution in [0.1, 0.15) is 44.7 Å². The first-order valence-corrected chi connectivity index (χ1v) is 8.77. The van der Waals surface area contributed by atoms with Crippen LogP contribution in [0.3, 0.4) is 0 Å². The van der Waals surface area contributed by atoms with Crippen molar-refractivity contribution >= 4 is 30.7 Å². The number of aliphatic hydroxyl groups is 1. The highest BCUT2D eigenvalue weighted by Gasteiger charge is 2.27. The number of likely N-dealkylation sites (tertiary alicyclic amines) is 1. The predicted octanol–water partition coefficient (Wildman–Crippen LogP) is 2.48. The molecule has 0 radical (unpaired) electrons. The number of halogens is 2. The molecule has 1 aliphatic heterocycles. The second kappa shape index (κ2) is 11.1. The summed E-state index contributed by atoms with van der Waals surface area (Å²) in [5, 5.41) is 12.5. The number of rotatable bonds is 5. The molecule has 0 unspecified atom stereocenters. The number of benzene rings is 1. The van der Waals surface area contributed by atoms with Crippen molar-refractivity contribution in [3.8, 4) is 0 Å². The summed E-state index contributed by atoms with van der Waals surface area (Å²) in [6, 6.07) is 7.81. The quantitative estimate of drug-likeness (QED) is 0.702. The lowest BCUT2D eigenvalue weighted by molar-refractivity contribution is -0.124. The second-order valence-electron chi connectivity index (χ2n) is 7.89. The molecule has 1 atom stereocenters. The average Bonchev–Trinajstić information content (AvgIpc) is 2.54. The molecule has 1 amide bonds. The minimum Gasteiger partial charge on any atom is -0.393 e. The van der Waals surface area contributed by atoms with Gasteiger partial charge in [0, 0.05) is 26.2 Å². The van der Waals surface area contributed by atoms with E-state index in [9.17, 15) is 9.90 Å². The fourth-order valence-electron chi connectivity index (χ4n) is 2.79. The Bertz CT molecular complexity index is 539. The van der Waals surface area contributed by atoms with Crippen molar-refractivity contribution < 1.29 is 9.90 Å². The third kappa shape index (κ3) is 7.80. The molecule has 0 aliphatic carbocycles. The smallest absolute Gasteiger partial charge is 0.237 e. The summed E-state index contributed by atoms with van der Waals surface area (Å²) in [4.78, 5) is 14.4. The van der Waals surface area contributed by atoms with E-state index in [-0.39, 0.29) is 42.2 Å². The molecule has 0 bridgehead atoms. The van der Waals surface area contributed by atoms with E-state index in [4.69, 9.17) is 5.73 Å². The zero-order valence-electron chi connectivity index (χ0n) is 15.9. The number of nitrogens with one attached hydrogen (secondary N) is 1. The first kappa shape index (κ1) is 25.1. The van der Waals surface area contributed by atoms with E-state index < -0.39 is 6.04 Å². The van der Waals surface area contributed by atoms with E-state index in [1.807, 2.05) is 20.8 Å². The van der Waals surface area contributed by atoms with Gasteiger partial charge in [-0.05, 0) is 29.4 Å². The maximum absolute atomic E-state index is 12.1. The number of nitrogens with zero attached hydrogens (tertiary/aromatic N) is 1. The van der Waals surface area contributed by atoms with Gasteiger partial charge in [-0.25, -0.2) is 0 Å². The number of amides is 1. The highest BCUT2D eigenvalue weighted by Crippen LogP contribution is 2.17. The van der Waals surface area contributed by atoms with Gasteiger partial charge in [-0.2, -0.15) is 0 Å². The molecule has 0 aromatic heterocycles. The number of carbonyl (C=O) groups excluding carboxylic acids is 1. The molecule has 2 rings (SSSR count). The van der Waals surface area contributed by atoms with Crippen LogP contribution in [-0.4, -0.2) is 41.1 Å². The highest BCUT2D eigenvalue weighted by molar-refractivity contribution is 5.85. The van der Waals surface area contributed by atoms with Crippen LogP contribution in [0.15, 0.2) is 24.3 Å². The average molecular weight is 406 g/mol. The Morgan fingerprint density at radius 3 is 2.19 bits per heavy atom. The van der Waals surface area contributed by atoms with Crippen LogP contribution in [0, 0.1) is 5.41 Å². The molecule has 1 fully saturated rings. The molecule has 7 heteroatoms. The summed E-state index contributed by atoms with van der Waals surface area (Å²) in [7, 11) is 0. The summed E-state index contributed by atoms with van der Waals surface area (Å²) < 4.78 is 0. The first-order valence-electron chi connectivity index (χ1n) is 8.77.